The Bertz CT molecular complexity index is 909. The van der Waals surface area contributed by atoms with E-state index < -0.39 is 11.6 Å². The first kappa shape index (κ1) is 21.1. The fourth-order valence-corrected chi connectivity index (χ4v) is 5.57. The van der Waals surface area contributed by atoms with Gasteiger partial charge in [-0.3, -0.25) is 0 Å². The van der Waals surface area contributed by atoms with Gasteiger partial charge in [-0.05, 0) is 35.0 Å². The molecule has 1 aliphatic heterocycles. The molecular weight excluding hydrogens is 418 g/mol. The second-order valence-electron chi connectivity index (χ2n) is 7.89. The van der Waals surface area contributed by atoms with Gasteiger partial charge in [0.1, 0.15) is 25.4 Å². The van der Waals surface area contributed by atoms with Crippen LogP contribution >= 0.6 is 22.7 Å². The Morgan fingerprint density at radius 2 is 1.77 bits per heavy atom. The molecule has 0 saturated carbocycles. The number of likely N-dealkylation sites (N-methyl/N-ethyl adjacent to an activating group) is 1. The minimum atomic E-state index is -1.75. The number of aliphatic hydroxyl groups is 1. The van der Waals surface area contributed by atoms with Crippen LogP contribution in [0.4, 0.5) is 0 Å². The lowest BCUT2D eigenvalue weighted by Crippen LogP contribution is -2.46. The lowest BCUT2D eigenvalue weighted by molar-refractivity contribution is -0.898. The van der Waals surface area contributed by atoms with Gasteiger partial charge in [0.2, 0.25) is 5.60 Å². The molecule has 1 fully saturated rings. The van der Waals surface area contributed by atoms with Gasteiger partial charge in [0.15, 0.2) is 6.10 Å². The average Bonchev–Trinajstić information content (AvgIpc) is 3.51. The van der Waals surface area contributed by atoms with E-state index in [9.17, 15) is 9.90 Å². The quantitative estimate of drug-likeness (QED) is 0.423. The number of rotatable bonds is 8. The molecule has 0 spiro atoms. The minimum Gasteiger partial charge on any atom is -0.488 e. The largest absolute Gasteiger partial charge is 0.488 e. The maximum Gasteiger partial charge on any atom is 0.349 e. The predicted molar refractivity (Wildman–Crippen MR) is 119 cm³/mol. The molecule has 2 atom stereocenters. The molecule has 0 radical (unpaired) electrons. The van der Waals surface area contributed by atoms with Crippen molar-refractivity contribution in [2.24, 2.45) is 0 Å². The molecule has 1 aliphatic rings. The summed E-state index contributed by atoms with van der Waals surface area (Å²) in [6, 6.07) is 17.0. The number of para-hydroxylation sites is 1. The van der Waals surface area contributed by atoms with Gasteiger partial charge in [-0.2, -0.15) is 0 Å². The Balaban J connectivity index is 1.37. The zero-order valence-corrected chi connectivity index (χ0v) is 18.5. The number of esters is 1. The van der Waals surface area contributed by atoms with E-state index >= 15 is 0 Å². The zero-order valence-electron chi connectivity index (χ0n) is 16.9. The van der Waals surface area contributed by atoms with E-state index in [1.807, 2.05) is 53.2 Å². The van der Waals surface area contributed by atoms with Crippen molar-refractivity contribution in [2.75, 3.05) is 33.3 Å². The van der Waals surface area contributed by atoms with E-state index in [0.29, 0.717) is 16.4 Å². The average molecular weight is 445 g/mol. The Kier molecular flexibility index (Phi) is 6.24. The zero-order chi connectivity index (χ0) is 21.0. The Labute approximate surface area is 184 Å². The molecule has 1 aromatic carbocycles. The van der Waals surface area contributed by atoms with Gasteiger partial charge in [0.25, 0.3) is 0 Å². The molecule has 7 heteroatoms. The highest BCUT2D eigenvalue weighted by Gasteiger charge is 2.46. The number of benzene rings is 1. The van der Waals surface area contributed by atoms with E-state index in [0.717, 1.165) is 36.3 Å². The Morgan fingerprint density at radius 3 is 2.37 bits per heavy atom. The molecule has 1 saturated heterocycles. The van der Waals surface area contributed by atoms with Crippen molar-refractivity contribution in [2.45, 2.75) is 18.1 Å². The van der Waals surface area contributed by atoms with E-state index in [1.54, 1.807) is 12.1 Å². The van der Waals surface area contributed by atoms with Crippen LogP contribution in [0.2, 0.25) is 0 Å². The van der Waals surface area contributed by atoms with Gasteiger partial charge in [-0.25, -0.2) is 4.79 Å². The van der Waals surface area contributed by atoms with Gasteiger partial charge < -0.3 is 19.1 Å². The lowest BCUT2D eigenvalue weighted by atomic mass is 10.00. The smallest absolute Gasteiger partial charge is 0.349 e. The summed E-state index contributed by atoms with van der Waals surface area (Å²) in [7, 11) is 2.16. The number of thiophene rings is 2. The summed E-state index contributed by atoms with van der Waals surface area (Å²) in [5.41, 5.74) is -1.75. The highest BCUT2D eigenvalue weighted by atomic mass is 32.1. The van der Waals surface area contributed by atoms with Crippen molar-refractivity contribution in [3.8, 4) is 5.75 Å². The van der Waals surface area contributed by atoms with Crippen LogP contribution in [0.25, 0.3) is 0 Å². The molecule has 158 valence electrons. The second kappa shape index (κ2) is 8.89. The van der Waals surface area contributed by atoms with Gasteiger partial charge in [0.05, 0.1) is 23.3 Å². The van der Waals surface area contributed by atoms with Crippen LogP contribution in [0.15, 0.2) is 65.4 Å². The first-order valence-electron chi connectivity index (χ1n) is 10.0. The maximum atomic E-state index is 13.1. The summed E-state index contributed by atoms with van der Waals surface area (Å²) in [6.07, 6.45) is 0.559. The fraction of sp³-hybridized carbons (Fsp3) is 0.348. The van der Waals surface area contributed by atoms with Crippen LogP contribution in [0.3, 0.4) is 0 Å². The highest BCUT2D eigenvalue weighted by molar-refractivity contribution is 7.12. The molecule has 5 nitrogen and oxygen atoms in total. The number of nitrogens with zero attached hydrogens (tertiary/aromatic N) is 1. The fourth-order valence-electron chi connectivity index (χ4n) is 3.86. The standard InChI is InChI=1S/C23H26NO4S2/c1-24(13-14-27-18-7-3-2-4-8-18)12-11-19(17-24)28-22(25)23(26,20-9-5-15-29-20)21-10-6-16-30-21/h2-10,15-16,19,26H,11-14,17H2,1H3/q+1/t19?,24-/m1/s1. The normalized spacial score (nSPS) is 21.5. The molecule has 3 heterocycles. The first-order valence-corrected chi connectivity index (χ1v) is 11.8. The van der Waals surface area contributed by atoms with Crippen LogP contribution in [-0.4, -0.2) is 55.0 Å². The summed E-state index contributed by atoms with van der Waals surface area (Å²) in [5.74, 6) is 0.273. The molecule has 1 N–H and O–H groups in total. The third-order valence-electron chi connectivity index (χ3n) is 5.60. The van der Waals surface area contributed by atoms with Crippen LogP contribution in [-0.2, 0) is 15.1 Å². The van der Waals surface area contributed by atoms with Crippen LogP contribution in [0, 0.1) is 0 Å². The molecule has 2 aromatic heterocycles. The van der Waals surface area contributed by atoms with Crippen LogP contribution in [0.5, 0.6) is 5.75 Å². The van der Waals surface area contributed by atoms with E-state index in [-0.39, 0.29) is 6.10 Å². The number of hydrogen-bond acceptors (Lipinski definition) is 6. The summed E-state index contributed by atoms with van der Waals surface area (Å²) in [6.45, 7) is 3.07. The van der Waals surface area contributed by atoms with Crippen molar-refractivity contribution in [3.05, 3.63) is 75.1 Å². The summed E-state index contributed by atoms with van der Waals surface area (Å²) < 4.78 is 12.5. The monoisotopic (exact) mass is 444 g/mol. The Morgan fingerprint density at radius 1 is 1.10 bits per heavy atom. The van der Waals surface area contributed by atoms with Gasteiger partial charge >= 0.3 is 5.97 Å². The summed E-state index contributed by atoms with van der Waals surface area (Å²) in [4.78, 5) is 14.3. The van der Waals surface area contributed by atoms with Gasteiger partial charge in [-0.1, -0.05) is 30.3 Å². The van der Waals surface area contributed by atoms with Crippen molar-refractivity contribution >= 4 is 28.6 Å². The van der Waals surface area contributed by atoms with Gasteiger partial charge in [0, 0.05) is 6.42 Å². The van der Waals surface area contributed by atoms with Crippen molar-refractivity contribution < 1.29 is 23.9 Å². The molecule has 0 amide bonds. The number of ether oxygens (including phenoxy) is 2. The van der Waals surface area contributed by atoms with Crippen LogP contribution in [0.1, 0.15) is 16.2 Å². The third kappa shape index (κ3) is 4.44. The van der Waals surface area contributed by atoms with Gasteiger partial charge in [-0.15, -0.1) is 22.7 Å². The Hall–Kier alpha value is -2.19. The van der Waals surface area contributed by atoms with Crippen molar-refractivity contribution in [1.82, 2.24) is 0 Å². The molecule has 30 heavy (non-hydrogen) atoms. The topological polar surface area (TPSA) is 55.8 Å². The van der Waals surface area contributed by atoms with E-state index in [2.05, 4.69) is 7.05 Å². The second-order valence-corrected chi connectivity index (χ2v) is 9.79. The number of carbonyl (C=O) groups is 1. The van der Waals surface area contributed by atoms with E-state index in [1.165, 1.54) is 22.7 Å². The summed E-state index contributed by atoms with van der Waals surface area (Å²) >= 11 is 2.72. The lowest BCUT2D eigenvalue weighted by Gasteiger charge is -2.30. The van der Waals surface area contributed by atoms with Crippen LogP contribution < -0.4 is 4.74 Å². The van der Waals surface area contributed by atoms with E-state index in [4.69, 9.17) is 9.47 Å². The molecule has 0 bridgehead atoms. The number of carbonyl (C=O) groups excluding carboxylic acids is 1. The molecular formula is C23H26NO4S2+. The molecule has 4 rings (SSSR count). The minimum absolute atomic E-state index is 0.217. The van der Waals surface area contributed by atoms with Crippen molar-refractivity contribution in [1.29, 1.82) is 0 Å². The highest BCUT2D eigenvalue weighted by Crippen LogP contribution is 2.37. The van der Waals surface area contributed by atoms with Crippen molar-refractivity contribution in [3.63, 3.8) is 0 Å². The SMILES string of the molecule is C[N@+]1(CCOc2ccccc2)CCC(OC(=O)C(O)(c2cccs2)c2cccs2)C1. The number of hydrogen-bond donors (Lipinski definition) is 1. The summed E-state index contributed by atoms with van der Waals surface area (Å²) in [5, 5.41) is 15.1. The molecule has 3 aromatic rings. The molecule has 0 aliphatic carbocycles. The number of likely N-dealkylation sites (tertiary alicyclic amines) is 1. The first-order chi connectivity index (χ1) is 14.5. The number of quaternary nitrogens is 1. The predicted octanol–water partition coefficient (Wildman–Crippen LogP) is 3.89. The molecule has 1 unspecified atom stereocenters. The third-order valence-corrected chi connectivity index (χ3v) is 7.56. The maximum absolute atomic E-state index is 13.1.